The molecule has 0 radical (unpaired) electrons. The molecular formula is C22H28O5. The number of Topliss-reactive ketones (excluding diaryl/α,β-unsaturated/α-hetero) is 2. The van der Waals surface area contributed by atoms with E-state index in [4.69, 9.17) is 0 Å². The maximum absolute atomic E-state index is 13.4. The van der Waals surface area contributed by atoms with Crippen LogP contribution in [0.3, 0.4) is 0 Å². The van der Waals surface area contributed by atoms with Gasteiger partial charge in [0.25, 0.3) is 0 Å². The Bertz CT molecular complexity index is 795. The van der Waals surface area contributed by atoms with Crippen LogP contribution in [0.15, 0.2) is 23.8 Å². The van der Waals surface area contributed by atoms with Gasteiger partial charge in [0.1, 0.15) is 18.0 Å². The van der Waals surface area contributed by atoms with Gasteiger partial charge in [-0.2, -0.15) is 0 Å². The van der Waals surface area contributed by atoms with Crippen molar-refractivity contribution in [3.63, 3.8) is 0 Å². The van der Waals surface area contributed by atoms with Gasteiger partial charge in [-0.15, -0.1) is 0 Å². The van der Waals surface area contributed by atoms with E-state index in [2.05, 4.69) is 0 Å². The molecule has 5 heteroatoms. The largest absolute Gasteiger partial charge is 0.388 e. The minimum absolute atomic E-state index is 0.0218. The Morgan fingerprint density at radius 3 is 2.67 bits per heavy atom. The Morgan fingerprint density at radius 1 is 1.30 bits per heavy atom. The van der Waals surface area contributed by atoms with E-state index in [9.17, 15) is 24.6 Å². The summed E-state index contributed by atoms with van der Waals surface area (Å²) in [7, 11) is 0. The molecule has 2 N–H and O–H groups in total. The van der Waals surface area contributed by atoms with Crippen molar-refractivity contribution in [1.82, 2.24) is 0 Å². The minimum atomic E-state index is -1.66. The van der Waals surface area contributed by atoms with Gasteiger partial charge in [-0.1, -0.05) is 32.4 Å². The van der Waals surface area contributed by atoms with Gasteiger partial charge in [-0.3, -0.25) is 14.4 Å². The van der Waals surface area contributed by atoms with Crippen molar-refractivity contribution >= 4 is 17.3 Å². The molecular weight excluding hydrogens is 344 g/mol. The number of allylic oxidation sites excluding steroid dienone is 4. The Morgan fingerprint density at radius 2 is 2.00 bits per heavy atom. The van der Waals surface area contributed by atoms with Crippen molar-refractivity contribution < 1.29 is 24.6 Å². The van der Waals surface area contributed by atoms with Crippen LogP contribution in [-0.4, -0.2) is 39.8 Å². The highest BCUT2D eigenvalue weighted by molar-refractivity contribution is 6.02. The summed E-state index contributed by atoms with van der Waals surface area (Å²) in [6.45, 7) is 5.05. The molecule has 4 aliphatic carbocycles. The molecule has 0 spiro atoms. The lowest BCUT2D eigenvalue weighted by Crippen LogP contribution is -2.61. The molecule has 0 unspecified atom stereocenters. The Hall–Kier alpha value is -1.59. The van der Waals surface area contributed by atoms with Gasteiger partial charge in [0.15, 0.2) is 11.6 Å². The van der Waals surface area contributed by atoms with E-state index < -0.39 is 28.8 Å². The number of rotatable bonds is 2. The third-order valence-electron chi connectivity index (χ3n) is 8.41. The quantitative estimate of drug-likeness (QED) is 0.774. The lowest BCUT2D eigenvalue weighted by molar-refractivity contribution is -0.173. The van der Waals surface area contributed by atoms with Gasteiger partial charge in [0, 0.05) is 23.2 Å². The third-order valence-corrected chi connectivity index (χ3v) is 8.41. The standard InChI is InChI=1S/C22H28O5/c1-12-8-16-15-5-4-13-9-14(24)6-7-20(13,2)19(15)17(25)10-21(16,3)22(12,27)18(26)11-23/h6-7,9,12,15-16,19,23,27H,4-5,8,10-11H2,1-3H3/t12-,15-,16-,19+,20-,21-,22+/m0/s1. The molecule has 146 valence electrons. The predicted molar refractivity (Wildman–Crippen MR) is 98.6 cm³/mol. The first-order chi connectivity index (χ1) is 12.6. The molecule has 3 saturated carbocycles. The van der Waals surface area contributed by atoms with Gasteiger partial charge in [-0.05, 0) is 49.2 Å². The summed E-state index contributed by atoms with van der Waals surface area (Å²) < 4.78 is 0. The topological polar surface area (TPSA) is 91.7 Å². The highest BCUT2D eigenvalue weighted by Gasteiger charge is 2.70. The molecule has 0 aliphatic heterocycles. The van der Waals surface area contributed by atoms with E-state index in [1.807, 2.05) is 26.8 Å². The van der Waals surface area contributed by atoms with Crippen molar-refractivity contribution in [3.05, 3.63) is 23.8 Å². The number of carbonyl (C=O) groups is 3. The summed E-state index contributed by atoms with van der Waals surface area (Å²) in [4.78, 5) is 37.8. The first-order valence-corrected chi connectivity index (χ1v) is 9.93. The number of aliphatic hydroxyl groups excluding tert-OH is 1. The fraction of sp³-hybridized carbons (Fsp3) is 0.682. The van der Waals surface area contributed by atoms with Crippen LogP contribution >= 0.6 is 0 Å². The highest BCUT2D eigenvalue weighted by atomic mass is 16.3. The second kappa shape index (κ2) is 5.71. The van der Waals surface area contributed by atoms with Gasteiger partial charge in [-0.25, -0.2) is 0 Å². The Kier molecular flexibility index (Phi) is 3.97. The Balaban J connectivity index is 1.79. The first kappa shape index (κ1) is 18.8. The molecule has 0 bridgehead atoms. The van der Waals surface area contributed by atoms with E-state index in [1.54, 1.807) is 12.2 Å². The maximum Gasteiger partial charge on any atom is 0.190 e. The third kappa shape index (κ3) is 2.16. The minimum Gasteiger partial charge on any atom is -0.388 e. The second-order valence-electron chi connectivity index (χ2n) is 9.52. The van der Waals surface area contributed by atoms with E-state index in [1.165, 1.54) is 0 Å². The van der Waals surface area contributed by atoms with Crippen molar-refractivity contribution in [2.45, 2.75) is 52.1 Å². The van der Waals surface area contributed by atoms with Crippen molar-refractivity contribution in [3.8, 4) is 0 Å². The normalized spacial score (nSPS) is 48.6. The van der Waals surface area contributed by atoms with Crippen LogP contribution in [0.4, 0.5) is 0 Å². The number of hydrogen-bond acceptors (Lipinski definition) is 5. The van der Waals surface area contributed by atoms with Gasteiger partial charge in [0.05, 0.1) is 0 Å². The molecule has 27 heavy (non-hydrogen) atoms. The summed E-state index contributed by atoms with van der Waals surface area (Å²) in [6, 6.07) is 0. The number of fused-ring (bicyclic) bond motifs is 5. The SMILES string of the molecule is C[C@H]1C[C@H]2[C@@H]3CCC4=CC(=O)C=C[C@]4(C)[C@H]3C(=O)C[C@]2(C)[C@]1(O)C(=O)CO. The van der Waals surface area contributed by atoms with Crippen LogP contribution in [0.1, 0.15) is 46.5 Å². The molecule has 0 saturated heterocycles. The van der Waals surface area contributed by atoms with Gasteiger partial charge in [0.2, 0.25) is 0 Å². The van der Waals surface area contributed by atoms with E-state index in [0.717, 1.165) is 18.4 Å². The van der Waals surface area contributed by atoms with E-state index in [0.29, 0.717) is 6.42 Å². The molecule has 0 aromatic carbocycles. The smallest absolute Gasteiger partial charge is 0.190 e. The molecule has 7 atom stereocenters. The van der Waals surface area contributed by atoms with E-state index in [-0.39, 0.29) is 41.7 Å². The van der Waals surface area contributed by atoms with E-state index >= 15 is 0 Å². The molecule has 5 nitrogen and oxygen atoms in total. The monoisotopic (exact) mass is 372 g/mol. The lowest BCUT2D eigenvalue weighted by atomic mass is 9.46. The number of ketones is 3. The van der Waals surface area contributed by atoms with Crippen LogP contribution in [0, 0.1) is 34.5 Å². The molecule has 3 fully saturated rings. The van der Waals surface area contributed by atoms with Crippen LogP contribution in [0.25, 0.3) is 0 Å². The lowest BCUT2D eigenvalue weighted by Gasteiger charge is -2.56. The maximum atomic E-state index is 13.4. The van der Waals surface area contributed by atoms with Crippen LogP contribution in [0.5, 0.6) is 0 Å². The van der Waals surface area contributed by atoms with Crippen LogP contribution in [0.2, 0.25) is 0 Å². The summed E-state index contributed by atoms with van der Waals surface area (Å²) in [5.74, 6) is -0.947. The second-order valence-corrected chi connectivity index (χ2v) is 9.52. The molecule has 0 heterocycles. The zero-order valence-electron chi connectivity index (χ0n) is 16.2. The summed E-state index contributed by atoms with van der Waals surface area (Å²) in [5, 5.41) is 20.8. The number of carbonyl (C=O) groups excluding carboxylic acids is 3. The van der Waals surface area contributed by atoms with Gasteiger partial charge >= 0.3 is 0 Å². The molecule has 4 rings (SSSR count). The first-order valence-electron chi connectivity index (χ1n) is 9.93. The summed E-state index contributed by atoms with van der Waals surface area (Å²) >= 11 is 0. The molecule has 4 aliphatic rings. The molecule has 0 aromatic rings. The van der Waals surface area contributed by atoms with Gasteiger partial charge < -0.3 is 10.2 Å². The fourth-order valence-electron chi connectivity index (χ4n) is 7.08. The van der Waals surface area contributed by atoms with Crippen molar-refractivity contribution in [2.75, 3.05) is 6.61 Å². The van der Waals surface area contributed by atoms with Crippen LogP contribution in [-0.2, 0) is 14.4 Å². The molecule has 0 aromatic heterocycles. The summed E-state index contributed by atoms with van der Waals surface area (Å²) in [5.41, 5.74) is -1.94. The molecule has 0 amide bonds. The summed E-state index contributed by atoms with van der Waals surface area (Å²) in [6.07, 6.45) is 7.49. The van der Waals surface area contributed by atoms with Crippen LogP contribution < -0.4 is 0 Å². The van der Waals surface area contributed by atoms with Crippen molar-refractivity contribution in [2.24, 2.45) is 34.5 Å². The average molecular weight is 372 g/mol. The number of hydrogen-bond donors (Lipinski definition) is 2. The average Bonchev–Trinajstić information content (AvgIpc) is 2.82. The Labute approximate surface area is 159 Å². The predicted octanol–water partition coefficient (Wildman–Crippen LogP) is 2.01. The highest BCUT2D eigenvalue weighted by Crippen LogP contribution is 2.67. The zero-order valence-corrected chi connectivity index (χ0v) is 16.2. The number of aliphatic hydroxyl groups is 2. The fourth-order valence-corrected chi connectivity index (χ4v) is 7.08. The zero-order chi connectivity index (χ0) is 19.8. The van der Waals surface area contributed by atoms with Crippen molar-refractivity contribution in [1.29, 1.82) is 0 Å².